The number of aryl methyl sites for hydroxylation is 1. The molecular formula is C11H19BN2O2. The van der Waals surface area contributed by atoms with Crippen molar-refractivity contribution < 1.29 is 18.9 Å². The standard InChI is InChI=1S/C11H19BN2O2/c1-6-14-8-9(7-13-14)12-15-10(2,3)11(4,5)16-12/h7-8H,6H2,1-5H3/i1D3,6D2,7D,8D. The van der Waals surface area contributed by atoms with E-state index in [-0.39, 0.29) is 5.46 Å². The summed E-state index contributed by atoms with van der Waals surface area (Å²) >= 11 is 0. The highest BCUT2D eigenvalue weighted by molar-refractivity contribution is 6.61. The first-order valence-electron chi connectivity index (χ1n) is 8.54. The van der Waals surface area contributed by atoms with E-state index >= 15 is 0 Å². The summed E-state index contributed by atoms with van der Waals surface area (Å²) in [6, 6.07) is 0. The lowest BCUT2D eigenvalue weighted by Gasteiger charge is -2.32. The molecule has 1 aromatic rings. The van der Waals surface area contributed by atoms with Gasteiger partial charge in [-0.25, -0.2) is 0 Å². The topological polar surface area (TPSA) is 36.3 Å². The van der Waals surface area contributed by atoms with E-state index in [2.05, 4.69) is 5.10 Å². The summed E-state index contributed by atoms with van der Waals surface area (Å²) in [6.45, 7) is 1.24. The molecule has 0 spiro atoms. The fourth-order valence-corrected chi connectivity index (χ4v) is 1.39. The van der Waals surface area contributed by atoms with Crippen LogP contribution in [0.3, 0.4) is 0 Å². The van der Waals surface area contributed by atoms with Crippen LogP contribution in [0.1, 0.15) is 44.1 Å². The Morgan fingerprint density at radius 3 is 2.69 bits per heavy atom. The normalized spacial score (nSPS) is 30.8. The number of nitrogens with zero attached hydrogens (tertiary/aromatic N) is 2. The van der Waals surface area contributed by atoms with Crippen LogP contribution in [0.4, 0.5) is 0 Å². The van der Waals surface area contributed by atoms with E-state index in [1.165, 1.54) is 0 Å². The number of rotatable bonds is 2. The Kier molecular flexibility index (Phi) is 1.28. The molecule has 0 N–H and O–H groups in total. The summed E-state index contributed by atoms with van der Waals surface area (Å²) in [5, 5.41) is 3.59. The third-order valence-electron chi connectivity index (χ3n) is 3.09. The molecule has 0 aromatic carbocycles. The minimum atomic E-state index is -3.03. The molecule has 0 aliphatic carbocycles. The second kappa shape index (κ2) is 3.60. The minimum absolute atomic E-state index is 0.0863. The van der Waals surface area contributed by atoms with Crippen LogP contribution in [0, 0.1) is 0 Å². The lowest BCUT2D eigenvalue weighted by molar-refractivity contribution is 0.00578. The number of aromatic nitrogens is 2. The van der Waals surface area contributed by atoms with Gasteiger partial charge in [-0.1, -0.05) is 0 Å². The van der Waals surface area contributed by atoms with Gasteiger partial charge in [0, 0.05) is 28.4 Å². The third kappa shape index (κ3) is 1.78. The van der Waals surface area contributed by atoms with Gasteiger partial charge in [-0.05, 0) is 34.5 Å². The summed E-state index contributed by atoms with van der Waals surface area (Å²) in [5.41, 5.74) is -1.50. The molecule has 5 heteroatoms. The molecule has 0 saturated carbocycles. The summed E-state index contributed by atoms with van der Waals surface area (Å²) in [4.78, 5) is 0. The maximum absolute atomic E-state index is 8.06. The molecule has 2 rings (SSSR count). The molecule has 0 radical (unpaired) electrons. The first kappa shape index (κ1) is 5.69. The zero-order valence-electron chi connectivity index (χ0n) is 16.8. The van der Waals surface area contributed by atoms with Gasteiger partial charge in [0.1, 0.15) is 0 Å². The molecule has 0 atom stereocenters. The average molecular weight is 229 g/mol. The van der Waals surface area contributed by atoms with E-state index < -0.39 is 44.0 Å². The highest BCUT2D eigenvalue weighted by Gasteiger charge is 2.52. The Labute approximate surface area is 107 Å². The van der Waals surface area contributed by atoms with Crippen molar-refractivity contribution >= 4 is 12.6 Å². The molecule has 1 saturated heterocycles. The summed E-state index contributed by atoms with van der Waals surface area (Å²) in [7, 11) is -1.08. The largest absolute Gasteiger partial charge is 0.498 e. The van der Waals surface area contributed by atoms with Gasteiger partial charge in [0.05, 0.1) is 16.7 Å². The van der Waals surface area contributed by atoms with E-state index in [9.17, 15) is 0 Å². The van der Waals surface area contributed by atoms with Gasteiger partial charge >= 0.3 is 7.12 Å². The van der Waals surface area contributed by atoms with Crippen molar-refractivity contribution in [1.29, 1.82) is 0 Å². The van der Waals surface area contributed by atoms with Gasteiger partial charge in [-0.3, -0.25) is 4.68 Å². The van der Waals surface area contributed by atoms with Gasteiger partial charge in [0.15, 0.2) is 0 Å². The molecule has 2 heterocycles. The Bertz CT molecular complexity index is 611. The predicted molar refractivity (Wildman–Crippen MR) is 63.6 cm³/mol. The summed E-state index contributed by atoms with van der Waals surface area (Å²) < 4.78 is 65.1. The average Bonchev–Trinajstić information content (AvgIpc) is 2.72. The van der Waals surface area contributed by atoms with Crippen LogP contribution in [-0.4, -0.2) is 28.1 Å². The van der Waals surface area contributed by atoms with Crippen LogP contribution in [-0.2, 0) is 15.8 Å². The van der Waals surface area contributed by atoms with E-state index in [1.807, 2.05) is 0 Å². The Hall–Kier alpha value is -0.805. The smallest absolute Gasteiger partial charge is 0.399 e. The van der Waals surface area contributed by atoms with Crippen molar-refractivity contribution in [3.05, 3.63) is 12.3 Å². The summed E-state index contributed by atoms with van der Waals surface area (Å²) in [5.74, 6) is 0. The van der Waals surface area contributed by atoms with E-state index in [1.54, 1.807) is 27.7 Å². The lowest BCUT2D eigenvalue weighted by Crippen LogP contribution is -2.41. The number of hydrogen-bond donors (Lipinski definition) is 0. The zero-order chi connectivity index (χ0) is 18.0. The molecule has 1 aliphatic rings. The monoisotopic (exact) mass is 229 g/mol. The van der Waals surface area contributed by atoms with Crippen molar-refractivity contribution in [3.63, 3.8) is 0 Å². The van der Waals surface area contributed by atoms with Crippen LogP contribution in [0.5, 0.6) is 0 Å². The Morgan fingerprint density at radius 1 is 1.50 bits per heavy atom. The fraction of sp³-hybridized carbons (Fsp3) is 0.727. The third-order valence-corrected chi connectivity index (χ3v) is 3.09. The van der Waals surface area contributed by atoms with Gasteiger partial charge in [-0.2, -0.15) is 5.10 Å². The molecule has 1 aromatic heterocycles. The summed E-state index contributed by atoms with van der Waals surface area (Å²) in [6.07, 6.45) is -0.990. The Balaban J connectivity index is 2.49. The van der Waals surface area contributed by atoms with Crippen LogP contribution in [0.2, 0.25) is 0 Å². The minimum Gasteiger partial charge on any atom is -0.399 e. The molecule has 16 heavy (non-hydrogen) atoms. The van der Waals surface area contributed by atoms with Crippen molar-refractivity contribution in [3.8, 4) is 0 Å². The molecule has 0 unspecified atom stereocenters. The highest BCUT2D eigenvalue weighted by Crippen LogP contribution is 2.36. The molecule has 0 bridgehead atoms. The molecule has 4 nitrogen and oxygen atoms in total. The fourth-order valence-electron chi connectivity index (χ4n) is 1.39. The molecule has 1 aliphatic heterocycles. The lowest BCUT2D eigenvalue weighted by atomic mass is 9.82. The van der Waals surface area contributed by atoms with E-state index in [4.69, 9.17) is 18.9 Å². The van der Waals surface area contributed by atoms with E-state index in [0.29, 0.717) is 4.68 Å². The second-order valence-corrected chi connectivity index (χ2v) is 4.75. The quantitative estimate of drug-likeness (QED) is 0.715. The van der Waals surface area contributed by atoms with Crippen molar-refractivity contribution in [2.45, 2.75) is 52.2 Å². The molecule has 1 fully saturated rings. The maximum atomic E-state index is 8.06. The SMILES string of the molecule is [2H]c1nn(C([2H])([2H])C([2H])([2H])[2H])c([2H])c1B1OC(C)(C)C(C)(C)O1. The van der Waals surface area contributed by atoms with Crippen molar-refractivity contribution in [2.24, 2.45) is 0 Å². The van der Waals surface area contributed by atoms with Crippen LogP contribution < -0.4 is 5.46 Å². The number of hydrogen-bond acceptors (Lipinski definition) is 3. The highest BCUT2D eigenvalue weighted by atomic mass is 16.7. The first-order valence-corrected chi connectivity index (χ1v) is 5.04. The Morgan fingerprint density at radius 2 is 2.12 bits per heavy atom. The van der Waals surface area contributed by atoms with Gasteiger partial charge in [-0.15, -0.1) is 0 Å². The van der Waals surface area contributed by atoms with Crippen LogP contribution in [0.25, 0.3) is 0 Å². The van der Waals surface area contributed by atoms with E-state index in [0.717, 1.165) is 0 Å². The van der Waals surface area contributed by atoms with Crippen molar-refractivity contribution in [2.75, 3.05) is 0 Å². The maximum Gasteiger partial charge on any atom is 0.498 e. The molecular weight excluding hydrogens is 203 g/mol. The van der Waals surface area contributed by atoms with Gasteiger partial charge in [0.2, 0.25) is 0 Å². The predicted octanol–water partition coefficient (Wildman–Crippen LogP) is 1.20. The van der Waals surface area contributed by atoms with Gasteiger partial charge in [0.25, 0.3) is 0 Å². The molecule has 88 valence electrons. The van der Waals surface area contributed by atoms with Crippen LogP contribution in [0.15, 0.2) is 12.3 Å². The van der Waals surface area contributed by atoms with Gasteiger partial charge < -0.3 is 9.31 Å². The zero-order valence-corrected chi connectivity index (χ0v) is 9.79. The van der Waals surface area contributed by atoms with Crippen LogP contribution >= 0.6 is 0 Å². The molecule has 0 amide bonds. The van der Waals surface area contributed by atoms with Crippen molar-refractivity contribution in [1.82, 2.24) is 9.78 Å². The second-order valence-electron chi connectivity index (χ2n) is 4.75. The first-order chi connectivity index (χ1) is 10.1.